The molecule has 4 atom stereocenters. The molecule has 0 fully saturated rings. The highest BCUT2D eigenvalue weighted by Gasteiger charge is 2.32. The third-order valence-corrected chi connectivity index (χ3v) is 4.33. The van der Waals surface area contributed by atoms with Gasteiger partial charge in [-0.25, -0.2) is 4.79 Å². The molecule has 3 amide bonds. The first-order valence-corrected chi connectivity index (χ1v) is 9.74. The number of aliphatic hydroxyl groups excluding tert-OH is 1. The maximum atomic E-state index is 12.7. The van der Waals surface area contributed by atoms with E-state index in [9.17, 15) is 28.8 Å². The summed E-state index contributed by atoms with van der Waals surface area (Å²) >= 11 is 0. The van der Waals surface area contributed by atoms with Gasteiger partial charge >= 0.3 is 17.9 Å². The van der Waals surface area contributed by atoms with E-state index >= 15 is 0 Å². The first-order chi connectivity index (χ1) is 14.8. The van der Waals surface area contributed by atoms with E-state index in [1.807, 2.05) is 0 Å². The van der Waals surface area contributed by atoms with Crippen LogP contribution in [0.2, 0.25) is 0 Å². The topological polar surface area (TPSA) is 245 Å². The molecule has 0 bridgehead atoms. The Morgan fingerprint density at radius 1 is 0.750 bits per heavy atom. The summed E-state index contributed by atoms with van der Waals surface area (Å²) in [6.45, 7) is 2.21. The average molecular weight is 462 g/mol. The van der Waals surface area contributed by atoms with Crippen LogP contribution in [-0.2, 0) is 28.8 Å². The fourth-order valence-electron chi connectivity index (χ4n) is 2.46. The summed E-state index contributed by atoms with van der Waals surface area (Å²) in [5, 5.41) is 42.2. The molecule has 14 heteroatoms. The second kappa shape index (κ2) is 13.9. The highest BCUT2D eigenvalue weighted by molar-refractivity contribution is 5.94. The number of carbonyl (C=O) groups is 6. The molecule has 32 heavy (non-hydrogen) atoms. The van der Waals surface area contributed by atoms with Crippen molar-refractivity contribution in [2.75, 3.05) is 6.61 Å². The second-order valence-corrected chi connectivity index (χ2v) is 7.34. The number of hydrogen-bond acceptors (Lipinski definition) is 8. The van der Waals surface area contributed by atoms with Crippen LogP contribution in [0.5, 0.6) is 0 Å². The van der Waals surface area contributed by atoms with Crippen LogP contribution in [0.1, 0.15) is 39.5 Å². The summed E-state index contributed by atoms with van der Waals surface area (Å²) in [6, 6.07) is -5.54. The van der Waals surface area contributed by atoms with Gasteiger partial charge in [0, 0.05) is 12.8 Å². The van der Waals surface area contributed by atoms with Crippen LogP contribution in [0, 0.1) is 5.92 Å². The van der Waals surface area contributed by atoms with Gasteiger partial charge in [-0.05, 0) is 18.8 Å². The first kappa shape index (κ1) is 28.7. The molecule has 0 spiro atoms. The summed E-state index contributed by atoms with van der Waals surface area (Å²) < 4.78 is 0. The van der Waals surface area contributed by atoms with Crippen LogP contribution in [0.25, 0.3) is 0 Å². The standard InChI is InChI=1S/C18H30N4O10/c1-8(2)14(17(30)21-11(7-23)18(31)32)22-16(29)10(4-6-13(26)27)20-15(28)9(19)3-5-12(24)25/h8-11,14,23H,3-7,19H2,1-2H3,(H,20,28)(H,21,30)(H,22,29)(H,24,25)(H,26,27)(H,31,32). The fraction of sp³-hybridized carbons (Fsp3) is 0.667. The monoisotopic (exact) mass is 462 g/mol. The number of carboxylic acids is 3. The minimum absolute atomic E-state index is 0.219. The van der Waals surface area contributed by atoms with Crippen LogP contribution in [0.4, 0.5) is 0 Å². The maximum Gasteiger partial charge on any atom is 0.328 e. The largest absolute Gasteiger partial charge is 0.481 e. The van der Waals surface area contributed by atoms with Gasteiger partial charge in [0.05, 0.1) is 12.6 Å². The van der Waals surface area contributed by atoms with E-state index in [1.54, 1.807) is 13.8 Å². The lowest BCUT2D eigenvalue weighted by molar-refractivity contribution is -0.143. The lowest BCUT2D eigenvalue weighted by Crippen LogP contribution is -2.58. The molecule has 0 radical (unpaired) electrons. The molecule has 0 saturated carbocycles. The Hall–Kier alpha value is -3.26. The second-order valence-electron chi connectivity index (χ2n) is 7.34. The Bertz CT molecular complexity index is 712. The van der Waals surface area contributed by atoms with Crippen molar-refractivity contribution >= 4 is 35.6 Å². The number of rotatable bonds is 15. The Labute approximate surface area is 183 Å². The molecule has 0 aliphatic rings. The molecule has 0 aromatic heterocycles. The van der Waals surface area contributed by atoms with Crippen LogP contribution < -0.4 is 21.7 Å². The van der Waals surface area contributed by atoms with Crippen molar-refractivity contribution in [1.82, 2.24) is 16.0 Å². The highest BCUT2D eigenvalue weighted by Crippen LogP contribution is 2.06. The zero-order valence-electron chi connectivity index (χ0n) is 17.7. The molecule has 0 aliphatic heterocycles. The van der Waals surface area contributed by atoms with Crippen molar-refractivity contribution in [2.45, 2.75) is 63.7 Å². The van der Waals surface area contributed by atoms with Gasteiger partial charge in [-0.2, -0.15) is 0 Å². The van der Waals surface area contributed by atoms with Gasteiger partial charge < -0.3 is 42.1 Å². The molecule has 0 aromatic carbocycles. The van der Waals surface area contributed by atoms with Crippen molar-refractivity contribution < 1.29 is 49.2 Å². The molecular weight excluding hydrogens is 432 g/mol. The van der Waals surface area contributed by atoms with Crippen LogP contribution in [0.3, 0.4) is 0 Å². The lowest BCUT2D eigenvalue weighted by Gasteiger charge is -2.26. The smallest absolute Gasteiger partial charge is 0.328 e. The minimum Gasteiger partial charge on any atom is -0.481 e. The molecule has 9 N–H and O–H groups in total. The highest BCUT2D eigenvalue weighted by atomic mass is 16.4. The first-order valence-electron chi connectivity index (χ1n) is 9.74. The predicted molar refractivity (Wildman–Crippen MR) is 107 cm³/mol. The zero-order chi connectivity index (χ0) is 25.0. The molecule has 0 saturated heterocycles. The van der Waals surface area contributed by atoms with E-state index in [0.717, 1.165) is 0 Å². The fourth-order valence-corrected chi connectivity index (χ4v) is 2.46. The van der Waals surface area contributed by atoms with E-state index in [2.05, 4.69) is 16.0 Å². The van der Waals surface area contributed by atoms with Gasteiger partial charge in [-0.3, -0.25) is 24.0 Å². The van der Waals surface area contributed by atoms with E-state index in [-0.39, 0.29) is 12.8 Å². The molecule has 4 unspecified atom stereocenters. The average Bonchev–Trinajstić information content (AvgIpc) is 2.69. The number of carboxylic acid groups (broad SMARTS) is 3. The number of hydrogen-bond donors (Lipinski definition) is 8. The SMILES string of the molecule is CC(C)C(NC(=O)C(CCC(=O)O)NC(=O)C(N)CCC(=O)O)C(=O)NC(CO)C(=O)O. The van der Waals surface area contributed by atoms with Crippen molar-refractivity contribution in [3.05, 3.63) is 0 Å². The lowest BCUT2D eigenvalue weighted by atomic mass is 10.0. The van der Waals surface area contributed by atoms with Gasteiger partial charge in [0.2, 0.25) is 17.7 Å². The Balaban J connectivity index is 5.38. The quantitative estimate of drug-likeness (QED) is 0.124. The Kier molecular flexibility index (Phi) is 12.5. The number of nitrogens with two attached hydrogens (primary N) is 1. The summed E-state index contributed by atoms with van der Waals surface area (Å²) in [7, 11) is 0. The van der Waals surface area contributed by atoms with Crippen molar-refractivity contribution in [3.8, 4) is 0 Å². The molecule has 0 aliphatic carbocycles. The van der Waals surface area contributed by atoms with Crippen molar-refractivity contribution in [3.63, 3.8) is 0 Å². The maximum absolute atomic E-state index is 12.7. The van der Waals surface area contributed by atoms with Gasteiger partial charge in [0.15, 0.2) is 0 Å². The molecule has 0 rings (SSSR count). The van der Waals surface area contributed by atoms with Crippen LogP contribution >= 0.6 is 0 Å². The summed E-state index contributed by atoms with van der Waals surface area (Å²) in [5.41, 5.74) is 5.60. The summed E-state index contributed by atoms with van der Waals surface area (Å²) in [4.78, 5) is 69.8. The minimum atomic E-state index is -1.60. The van der Waals surface area contributed by atoms with E-state index < -0.39 is 85.2 Å². The third-order valence-electron chi connectivity index (χ3n) is 4.33. The Morgan fingerprint density at radius 3 is 1.69 bits per heavy atom. The van der Waals surface area contributed by atoms with E-state index in [0.29, 0.717) is 0 Å². The summed E-state index contributed by atoms with van der Waals surface area (Å²) in [6.07, 6.45) is -1.47. The summed E-state index contributed by atoms with van der Waals surface area (Å²) in [5.74, 6) is -7.17. The zero-order valence-corrected chi connectivity index (χ0v) is 17.7. The van der Waals surface area contributed by atoms with Crippen LogP contribution in [-0.4, -0.2) is 86.8 Å². The van der Waals surface area contributed by atoms with Crippen molar-refractivity contribution in [1.29, 1.82) is 0 Å². The normalized spacial score (nSPS) is 14.5. The van der Waals surface area contributed by atoms with Gasteiger partial charge in [-0.15, -0.1) is 0 Å². The van der Waals surface area contributed by atoms with Crippen LogP contribution in [0.15, 0.2) is 0 Å². The molecular formula is C18H30N4O10. The third kappa shape index (κ3) is 10.7. The molecule has 14 nitrogen and oxygen atoms in total. The van der Waals surface area contributed by atoms with Crippen molar-refractivity contribution in [2.24, 2.45) is 11.7 Å². The molecule has 182 valence electrons. The number of amides is 3. The number of nitrogens with one attached hydrogen (secondary N) is 3. The number of aliphatic hydroxyl groups is 1. The number of aliphatic carboxylic acids is 3. The van der Waals surface area contributed by atoms with E-state index in [1.165, 1.54) is 0 Å². The van der Waals surface area contributed by atoms with Gasteiger partial charge in [0.1, 0.15) is 18.1 Å². The Morgan fingerprint density at radius 2 is 1.25 bits per heavy atom. The van der Waals surface area contributed by atoms with Gasteiger partial charge in [0.25, 0.3) is 0 Å². The van der Waals surface area contributed by atoms with Gasteiger partial charge in [-0.1, -0.05) is 13.8 Å². The molecule has 0 aromatic rings. The predicted octanol–water partition coefficient (Wildman–Crippen LogP) is -2.77. The number of carbonyl (C=O) groups excluding carboxylic acids is 3. The van der Waals surface area contributed by atoms with E-state index in [4.69, 9.17) is 26.2 Å². The molecule has 0 heterocycles.